The molecule has 3 nitrogen and oxygen atoms in total. The zero-order valence-corrected chi connectivity index (χ0v) is 9.74. The maximum Gasteiger partial charge on any atom is 0.108 e. The minimum atomic E-state index is 0.706. The molecule has 0 aliphatic carbocycles. The van der Waals surface area contributed by atoms with E-state index in [0.29, 0.717) is 6.04 Å². The van der Waals surface area contributed by atoms with E-state index in [4.69, 9.17) is 0 Å². The minimum Gasteiger partial charge on any atom is -0.338 e. The van der Waals surface area contributed by atoms with Crippen molar-refractivity contribution in [2.24, 2.45) is 13.0 Å². The van der Waals surface area contributed by atoms with Crippen molar-refractivity contribution in [3.8, 4) is 0 Å². The Hall–Kier alpha value is -0.830. The highest BCUT2D eigenvalue weighted by atomic mass is 15.0. The first-order chi connectivity index (χ1) is 7.25. The molecule has 1 N–H and O–H groups in total. The number of hydrogen-bond donors (Lipinski definition) is 1. The van der Waals surface area contributed by atoms with Crippen molar-refractivity contribution in [1.82, 2.24) is 14.9 Å². The van der Waals surface area contributed by atoms with Crippen molar-refractivity contribution < 1.29 is 0 Å². The minimum absolute atomic E-state index is 0.706. The van der Waals surface area contributed by atoms with E-state index in [2.05, 4.69) is 28.8 Å². The smallest absolute Gasteiger partial charge is 0.108 e. The van der Waals surface area contributed by atoms with E-state index in [1.54, 1.807) is 0 Å². The number of nitrogens with zero attached hydrogens (tertiary/aromatic N) is 2. The maximum absolute atomic E-state index is 4.35. The fourth-order valence-electron chi connectivity index (χ4n) is 2.24. The van der Waals surface area contributed by atoms with Crippen LogP contribution in [0.4, 0.5) is 0 Å². The van der Waals surface area contributed by atoms with Gasteiger partial charge in [-0.15, -0.1) is 0 Å². The van der Waals surface area contributed by atoms with Crippen LogP contribution in [0.1, 0.15) is 32.0 Å². The lowest BCUT2D eigenvalue weighted by Gasteiger charge is -2.27. The second kappa shape index (κ2) is 4.79. The molecule has 0 saturated carbocycles. The first-order valence-corrected chi connectivity index (χ1v) is 5.95. The van der Waals surface area contributed by atoms with Crippen LogP contribution in [0.2, 0.25) is 0 Å². The van der Waals surface area contributed by atoms with Gasteiger partial charge in [0.25, 0.3) is 0 Å². The summed E-state index contributed by atoms with van der Waals surface area (Å²) in [5.74, 6) is 2.06. The summed E-state index contributed by atoms with van der Waals surface area (Å²) in [5.41, 5.74) is 0. The maximum atomic E-state index is 4.35. The lowest BCUT2D eigenvalue weighted by Crippen LogP contribution is -2.38. The summed E-state index contributed by atoms with van der Waals surface area (Å²) in [6.07, 6.45) is 8.91. The second-order valence-corrected chi connectivity index (χ2v) is 4.78. The third-order valence-corrected chi connectivity index (χ3v) is 3.40. The van der Waals surface area contributed by atoms with Crippen molar-refractivity contribution in [3.63, 3.8) is 0 Å². The zero-order valence-electron chi connectivity index (χ0n) is 9.74. The molecule has 1 aromatic heterocycles. The van der Waals surface area contributed by atoms with Gasteiger partial charge < -0.3 is 9.88 Å². The SMILES string of the molecule is CC1CCC(CCc2nccn2C)NC1. The third-order valence-electron chi connectivity index (χ3n) is 3.40. The highest BCUT2D eigenvalue weighted by molar-refractivity contribution is 4.92. The van der Waals surface area contributed by atoms with Gasteiger partial charge >= 0.3 is 0 Å². The number of rotatable bonds is 3. The molecule has 0 bridgehead atoms. The molecule has 2 rings (SSSR count). The van der Waals surface area contributed by atoms with Crippen molar-refractivity contribution in [2.45, 2.75) is 38.6 Å². The number of aryl methyl sites for hydroxylation is 2. The molecule has 2 atom stereocenters. The van der Waals surface area contributed by atoms with Crippen LogP contribution in [0.25, 0.3) is 0 Å². The molecule has 15 heavy (non-hydrogen) atoms. The number of piperidine rings is 1. The molecule has 1 aliphatic rings. The summed E-state index contributed by atoms with van der Waals surface area (Å²) in [6.45, 7) is 3.51. The van der Waals surface area contributed by atoms with Crippen LogP contribution in [-0.4, -0.2) is 22.1 Å². The topological polar surface area (TPSA) is 29.9 Å². The third kappa shape index (κ3) is 2.81. The normalized spacial score (nSPS) is 26.8. The van der Waals surface area contributed by atoms with Gasteiger partial charge in [0, 0.05) is 31.9 Å². The summed E-state index contributed by atoms with van der Waals surface area (Å²) in [4.78, 5) is 4.35. The predicted molar refractivity (Wildman–Crippen MR) is 61.7 cm³/mol. The van der Waals surface area contributed by atoms with Crippen molar-refractivity contribution in [2.75, 3.05) is 6.54 Å². The number of nitrogens with one attached hydrogen (secondary N) is 1. The van der Waals surface area contributed by atoms with Crippen molar-refractivity contribution >= 4 is 0 Å². The highest BCUT2D eigenvalue weighted by Gasteiger charge is 2.17. The molecule has 1 saturated heterocycles. The van der Waals surface area contributed by atoms with E-state index in [9.17, 15) is 0 Å². The molecule has 84 valence electrons. The van der Waals surface area contributed by atoms with Crippen LogP contribution in [0.15, 0.2) is 12.4 Å². The summed E-state index contributed by atoms with van der Waals surface area (Å²) in [7, 11) is 2.07. The summed E-state index contributed by atoms with van der Waals surface area (Å²) >= 11 is 0. The molecular weight excluding hydrogens is 186 g/mol. The summed E-state index contributed by atoms with van der Waals surface area (Å²) in [6, 6.07) is 0.706. The fourth-order valence-corrected chi connectivity index (χ4v) is 2.24. The Labute approximate surface area is 91.9 Å². The largest absolute Gasteiger partial charge is 0.338 e. The average Bonchev–Trinajstić information content (AvgIpc) is 2.63. The van der Waals surface area contributed by atoms with Crippen molar-refractivity contribution in [1.29, 1.82) is 0 Å². The zero-order chi connectivity index (χ0) is 10.7. The van der Waals surface area contributed by atoms with Crippen LogP contribution < -0.4 is 5.32 Å². The molecule has 1 aliphatic heterocycles. The van der Waals surface area contributed by atoms with Gasteiger partial charge in [-0.1, -0.05) is 6.92 Å². The van der Waals surface area contributed by atoms with Gasteiger partial charge in [-0.2, -0.15) is 0 Å². The van der Waals surface area contributed by atoms with Gasteiger partial charge in [0.15, 0.2) is 0 Å². The number of hydrogen-bond acceptors (Lipinski definition) is 2. The lowest BCUT2D eigenvalue weighted by atomic mass is 9.94. The summed E-state index contributed by atoms with van der Waals surface area (Å²) in [5, 5.41) is 3.61. The van der Waals surface area contributed by atoms with Gasteiger partial charge in [-0.3, -0.25) is 0 Å². The Kier molecular flexibility index (Phi) is 3.41. The fraction of sp³-hybridized carbons (Fsp3) is 0.750. The Bertz CT molecular complexity index is 298. The van der Waals surface area contributed by atoms with Gasteiger partial charge in [0.2, 0.25) is 0 Å². The monoisotopic (exact) mass is 207 g/mol. The Morgan fingerprint density at radius 2 is 2.40 bits per heavy atom. The van der Waals surface area contributed by atoms with E-state index in [0.717, 1.165) is 12.3 Å². The molecule has 0 amide bonds. The molecule has 2 heterocycles. The van der Waals surface area contributed by atoms with Gasteiger partial charge in [0.05, 0.1) is 0 Å². The van der Waals surface area contributed by atoms with Crippen LogP contribution in [0, 0.1) is 5.92 Å². The van der Waals surface area contributed by atoms with Gasteiger partial charge in [0.1, 0.15) is 5.82 Å². The van der Waals surface area contributed by atoms with Crippen LogP contribution in [0.5, 0.6) is 0 Å². The molecule has 2 unspecified atom stereocenters. The van der Waals surface area contributed by atoms with E-state index < -0.39 is 0 Å². The molecule has 0 aromatic carbocycles. The van der Waals surface area contributed by atoms with E-state index in [1.807, 2.05) is 12.4 Å². The van der Waals surface area contributed by atoms with E-state index in [-0.39, 0.29) is 0 Å². The van der Waals surface area contributed by atoms with Crippen molar-refractivity contribution in [3.05, 3.63) is 18.2 Å². The number of aromatic nitrogens is 2. The molecule has 3 heteroatoms. The van der Waals surface area contributed by atoms with E-state index >= 15 is 0 Å². The Morgan fingerprint density at radius 1 is 1.53 bits per heavy atom. The molecule has 1 fully saturated rings. The van der Waals surface area contributed by atoms with Gasteiger partial charge in [-0.25, -0.2) is 4.98 Å². The second-order valence-electron chi connectivity index (χ2n) is 4.78. The molecular formula is C12H21N3. The van der Waals surface area contributed by atoms with Crippen LogP contribution in [0.3, 0.4) is 0 Å². The van der Waals surface area contributed by atoms with Gasteiger partial charge in [-0.05, 0) is 31.7 Å². The lowest BCUT2D eigenvalue weighted by molar-refractivity contribution is 0.314. The first-order valence-electron chi connectivity index (χ1n) is 5.95. The quantitative estimate of drug-likeness (QED) is 0.818. The highest BCUT2D eigenvalue weighted by Crippen LogP contribution is 2.16. The van der Waals surface area contributed by atoms with Crippen LogP contribution in [-0.2, 0) is 13.5 Å². The number of imidazole rings is 1. The molecule has 0 spiro atoms. The Balaban J connectivity index is 1.77. The molecule has 1 aromatic rings. The predicted octanol–water partition coefficient (Wildman–Crippen LogP) is 1.74. The first kappa shape index (κ1) is 10.7. The van der Waals surface area contributed by atoms with E-state index in [1.165, 1.54) is 31.6 Å². The summed E-state index contributed by atoms with van der Waals surface area (Å²) < 4.78 is 2.12. The molecule has 0 radical (unpaired) electrons. The van der Waals surface area contributed by atoms with Crippen LogP contribution >= 0.6 is 0 Å². The Morgan fingerprint density at radius 3 is 3.00 bits per heavy atom. The standard InChI is InChI=1S/C12H21N3/c1-10-3-4-11(14-9-10)5-6-12-13-7-8-15(12)2/h7-8,10-11,14H,3-6,9H2,1-2H3. The average molecular weight is 207 g/mol.